The molecule has 4 rings (SSSR count). The monoisotopic (exact) mass is 395 g/mol. The van der Waals surface area contributed by atoms with Crippen molar-refractivity contribution in [3.05, 3.63) is 126 Å². The molecule has 1 unspecified atom stereocenters. The first-order valence-corrected chi connectivity index (χ1v) is 12.1. The number of hydrogen-bond acceptors (Lipinski definition) is 0. The number of aryl methyl sites for hydroxylation is 2. The molecule has 0 aromatic heterocycles. The van der Waals surface area contributed by atoms with E-state index in [-0.39, 0.29) is 0 Å². The molecule has 0 saturated carbocycles. The Morgan fingerprint density at radius 3 is 1.34 bits per heavy atom. The van der Waals surface area contributed by atoms with Crippen LogP contribution in [0.2, 0.25) is 0 Å². The van der Waals surface area contributed by atoms with Crippen LogP contribution in [-0.4, -0.2) is 0 Å². The molecule has 1 heteroatoms. The van der Waals surface area contributed by atoms with E-state index in [9.17, 15) is 0 Å². The van der Waals surface area contributed by atoms with Crippen molar-refractivity contribution < 1.29 is 0 Å². The Bertz CT molecular complexity index is 972. The van der Waals surface area contributed by atoms with Crippen molar-refractivity contribution in [1.82, 2.24) is 0 Å². The van der Waals surface area contributed by atoms with Crippen molar-refractivity contribution in [1.29, 1.82) is 0 Å². The quantitative estimate of drug-likeness (QED) is 0.345. The molecule has 0 bridgehead atoms. The van der Waals surface area contributed by atoms with Crippen LogP contribution in [-0.2, 0) is 0 Å². The van der Waals surface area contributed by atoms with Crippen molar-refractivity contribution in [3.8, 4) is 0 Å². The van der Waals surface area contributed by atoms with Crippen molar-refractivity contribution in [3.63, 3.8) is 0 Å². The van der Waals surface area contributed by atoms with Gasteiger partial charge in [0.25, 0.3) is 0 Å². The van der Waals surface area contributed by atoms with Crippen LogP contribution in [0.5, 0.6) is 0 Å². The molecule has 0 aliphatic rings. The minimum atomic E-state index is -1.91. The number of hydrogen-bond donors (Lipinski definition) is 0. The van der Waals surface area contributed by atoms with Gasteiger partial charge < -0.3 is 0 Å². The van der Waals surface area contributed by atoms with Gasteiger partial charge in [-0.3, -0.25) is 0 Å². The Kier molecular flexibility index (Phi) is 5.65. The summed E-state index contributed by atoms with van der Waals surface area (Å²) in [5.74, 6) is 0. The van der Waals surface area contributed by atoms with Crippen molar-refractivity contribution in [2.45, 2.75) is 26.4 Å². The van der Waals surface area contributed by atoms with E-state index < -0.39 is 7.26 Å². The molecule has 4 aromatic rings. The van der Waals surface area contributed by atoms with E-state index in [1.54, 1.807) is 0 Å². The van der Waals surface area contributed by atoms with Crippen molar-refractivity contribution >= 4 is 23.2 Å². The van der Waals surface area contributed by atoms with Crippen LogP contribution in [0.3, 0.4) is 0 Å². The molecule has 0 nitrogen and oxygen atoms in total. The van der Waals surface area contributed by atoms with Gasteiger partial charge in [-0.25, -0.2) is 0 Å². The Labute approximate surface area is 175 Å². The standard InChI is InChI=1S/C28H28P/c1-22-19-20-28(23(2)21-22)24(3)29(25-13-7-4-8-14-25,26-15-9-5-10-16-26)27-17-11-6-12-18-27/h4-21,24H,1-3H3/q+1. The lowest BCUT2D eigenvalue weighted by Gasteiger charge is -2.34. The molecule has 0 amide bonds. The summed E-state index contributed by atoms with van der Waals surface area (Å²) in [6.07, 6.45) is 0. The summed E-state index contributed by atoms with van der Waals surface area (Å²) in [6, 6.07) is 40.4. The number of benzene rings is 4. The van der Waals surface area contributed by atoms with E-state index in [2.05, 4.69) is 130 Å². The normalized spacial score (nSPS) is 12.5. The molecule has 0 heterocycles. The zero-order chi connectivity index (χ0) is 20.3. The second-order valence-corrected chi connectivity index (χ2v) is 11.5. The molecule has 0 saturated heterocycles. The fraction of sp³-hybridized carbons (Fsp3) is 0.143. The second-order valence-electron chi connectivity index (χ2n) is 7.77. The highest BCUT2D eigenvalue weighted by atomic mass is 31.2. The third-order valence-electron chi connectivity index (χ3n) is 5.95. The molecule has 144 valence electrons. The average Bonchev–Trinajstić information content (AvgIpc) is 2.76. The summed E-state index contributed by atoms with van der Waals surface area (Å²) in [6.45, 7) is 6.86. The van der Waals surface area contributed by atoms with E-state index >= 15 is 0 Å². The summed E-state index contributed by atoms with van der Waals surface area (Å²) < 4.78 is 0. The SMILES string of the molecule is Cc1ccc(C(C)[P+](c2ccccc2)(c2ccccc2)c2ccccc2)c(C)c1. The van der Waals surface area contributed by atoms with E-state index in [0.717, 1.165) is 0 Å². The molecule has 0 aliphatic carbocycles. The van der Waals surface area contributed by atoms with Crippen LogP contribution in [0.4, 0.5) is 0 Å². The first kappa shape index (κ1) is 19.6. The third-order valence-corrected chi connectivity index (χ3v) is 10.7. The zero-order valence-corrected chi connectivity index (χ0v) is 18.3. The Morgan fingerprint density at radius 2 is 0.966 bits per heavy atom. The molecule has 29 heavy (non-hydrogen) atoms. The Balaban J connectivity index is 2.08. The lowest BCUT2D eigenvalue weighted by molar-refractivity contribution is 1.05. The fourth-order valence-corrected chi connectivity index (χ4v) is 9.48. The number of rotatable bonds is 5. The lowest BCUT2D eigenvalue weighted by atomic mass is 10.0. The smallest absolute Gasteiger partial charge is 0.0620 e. The summed E-state index contributed by atoms with van der Waals surface area (Å²) in [7, 11) is -1.91. The van der Waals surface area contributed by atoms with Crippen LogP contribution >= 0.6 is 7.26 Å². The first-order valence-electron chi connectivity index (χ1n) is 10.3. The maximum atomic E-state index is 2.43. The highest BCUT2D eigenvalue weighted by Gasteiger charge is 2.51. The van der Waals surface area contributed by atoms with E-state index in [1.807, 2.05) is 0 Å². The molecule has 0 fully saturated rings. The second kappa shape index (κ2) is 8.36. The molecular weight excluding hydrogens is 367 g/mol. The van der Waals surface area contributed by atoms with Crippen LogP contribution in [0.1, 0.15) is 29.3 Å². The van der Waals surface area contributed by atoms with Crippen LogP contribution in [0, 0.1) is 13.8 Å². The van der Waals surface area contributed by atoms with Crippen LogP contribution < -0.4 is 15.9 Å². The highest BCUT2D eigenvalue weighted by molar-refractivity contribution is 7.95. The predicted octanol–water partition coefficient (Wildman–Crippen LogP) is 6.36. The van der Waals surface area contributed by atoms with Gasteiger partial charge >= 0.3 is 0 Å². The highest BCUT2D eigenvalue weighted by Crippen LogP contribution is 2.66. The van der Waals surface area contributed by atoms with Crippen LogP contribution in [0.25, 0.3) is 0 Å². The molecule has 4 aromatic carbocycles. The minimum absolute atomic E-state index is 0.371. The molecule has 0 aliphatic heterocycles. The fourth-order valence-electron chi connectivity index (χ4n) is 4.61. The summed E-state index contributed by atoms with van der Waals surface area (Å²) in [5.41, 5.74) is 4.52. The topological polar surface area (TPSA) is 0 Å². The van der Waals surface area contributed by atoms with E-state index in [0.29, 0.717) is 5.66 Å². The molecule has 0 radical (unpaired) electrons. The third kappa shape index (κ3) is 3.54. The Morgan fingerprint density at radius 1 is 0.552 bits per heavy atom. The van der Waals surface area contributed by atoms with Gasteiger partial charge in [0.2, 0.25) is 0 Å². The van der Waals surface area contributed by atoms with Crippen LogP contribution in [0.15, 0.2) is 109 Å². The van der Waals surface area contributed by atoms with E-state index in [4.69, 9.17) is 0 Å². The summed E-state index contributed by atoms with van der Waals surface area (Å²) in [5, 5.41) is 4.31. The van der Waals surface area contributed by atoms with Gasteiger partial charge in [0.15, 0.2) is 0 Å². The maximum Gasteiger partial charge on any atom is 0.119 e. The maximum absolute atomic E-state index is 2.43. The Hall–Kier alpha value is -2.69. The average molecular weight is 396 g/mol. The van der Waals surface area contributed by atoms with Gasteiger partial charge in [-0.1, -0.05) is 78.4 Å². The van der Waals surface area contributed by atoms with E-state index in [1.165, 1.54) is 32.6 Å². The van der Waals surface area contributed by atoms with Crippen molar-refractivity contribution in [2.75, 3.05) is 0 Å². The zero-order valence-electron chi connectivity index (χ0n) is 17.4. The molecule has 1 atom stereocenters. The molecule has 0 N–H and O–H groups in total. The first-order chi connectivity index (χ1) is 14.1. The predicted molar refractivity (Wildman–Crippen MR) is 129 cm³/mol. The molecule has 0 spiro atoms. The van der Waals surface area contributed by atoms with Gasteiger partial charge in [0.05, 0.1) is 0 Å². The molecular formula is C28H28P+. The van der Waals surface area contributed by atoms with Gasteiger partial charge in [0.1, 0.15) is 28.8 Å². The lowest BCUT2D eigenvalue weighted by Crippen LogP contribution is -2.34. The van der Waals surface area contributed by atoms with Crippen molar-refractivity contribution in [2.24, 2.45) is 0 Å². The summed E-state index contributed by atoms with van der Waals surface area (Å²) >= 11 is 0. The van der Waals surface area contributed by atoms with Gasteiger partial charge in [-0.05, 0) is 68.3 Å². The van der Waals surface area contributed by atoms with Gasteiger partial charge in [0, 0.05) is 0 Å². The largest absolute Gasteiger partial charge is 0.119 e. The van der Waals surface area contributed by atoms with Gasteiger partial charge in [-0.2, -0.15) is 0 Å². The van der Waals surface area contributed by atoms with Gasteiger partial charge in [-0.15, -0.1) is 0 Å². The summed E-state index contributed by atoms with van der Waals surface area (Å²) in [4.78, 5) is 0. The minimum Gasteiger partial charge on any atom is -0.0620 e.